The van der Waals surface area contributed by atoms with Crippen LogP contribution in [0.1, 0.15) is 31.7 Å². The molecule has 0 saturated heterocycles. The quantitative estimate of drug-likeness (QED) is 0.545. The van der Waals surface area contributed by atoms with Crippen molar-refractivity contribution in [1.82, 2.24) is 15.2 Å². The Hall–Kier alpha value is -2.68. The minimum Gasteiger partial charge on any atom is -0.329 e. The second-order valence-electron chi connectivity index (χ2n) is 5.57. The maximum atomic E-state index is 12.5. The lowest BCUT2D eigenvalue weighted by atomic mass is 10.1. The molecule has 0 unspecified atom stereocenters. The van der Waals surface area contributed by atoms with Crippen LogP contribution >= 0.6 is 0 Å². The molecule has 6 nitrogen and oxygen atoms in total. The van der Waals surface area contributed by atoms with Crippen molar-refractivity contribution in [3.8, 4) is 11.4 Å². The number of hydrogen-bond donors (Lipinski definition) is 0. The monoisotopic (exact) mass is 369 g/mol. The highest BCUT2D eigenvalue weighted by molar-refractivity contribution is 5.91. The van der Waals surface area contributed by atoms with Crippen molar-refractivity contribution in [2.75, 3.05) is 6.61 Å². The normalized spacial score (nSPS) is 11.4. The second kappa shape index (κ2) is 8.13. The molecule has 0 fully saturated rings. The lowest BCUT2D eigenvalue weighted by Crippen LogP contribution is -2.31. The van der Waals surface area contributed by atoms with Crippen LogP contribution in [0.2, 0.25) is 0 Å². The van der Waals surface area contributed by atoms with Crippen LogP contribution in [-0.4, -0.2) is 27.7 Å². The van der Waals surface area contributed by atoms with Crippen LogP contribution in [0.5, 0.6) is 0 Å². The number of halogens is 3. The van der Waals surface area contributed by atoms with Gasteiger partial charge in [0.25, 0.3) is 5.91 Å². The number of carbonyl (C=O) groups excluding carboxylic acids is 1. The van der Waals surface area contributed by atoms with E-state index in [9.17, 15) is 18.0 Å². The molecule has 0 atom stereocenters. The molecule has 0 saturated carbocycles. The van der Waals surface area contributed by atoms with Gasteiger partial charge in [0.05, 0.1) is 13.2 Å². The molecular formula is C17H18F3N3O3. The van der Waals surface area contributed by atoms with Gasteiger partial charge in [-0.3, -0.25) is 9.63 Å². The first-order valence-electron chi connectivity index (χ1n) is 7.83. The third-order valence-corrected chi connectivity index (χ3v) is 3.25. The fourth-order valence-corrected chi connectivity index (χ4v) is 1.97. The van der Waals surface area contributed by atoms with E-state index in [0.29, 0.717) is 17.7 Å². The number of alkyl halides is 3. The fraction of sp³-hybridized carbons (Fsp3) is 0.353. The van der Waals surface area contributed by atoms with Gasteiger partial charge < -0.3 is 4.52 Å². The number of hydrogen-bond acceptors (Lipinski definition) is 5. The van der Waals surface area contributed by atoms with Crippen molar-refractivity contribution in [2.24, 2.45) is 0 Å². The zero-order valence-electron chi connectivity index (χ0n) is 14.3. The van der Waals surface area contributed by atoms with Gasteiger partial charge in [0.2, 0.25) is 5.82 Å². The predicted octanol–water partition coefficient (Wildman–Crippen LogP) is 4.00. The number of nitrogens with zero attached hydrogens (tertiary/aromatic N) is 3. The molecule has 2 rings (SSSR count). The maximum absolute atomic E-state index is 12.5. The predicted molar refractivity (Wildman–Crippen MR) is 86.3 cm³/mol. The molecule has 1 aromatic heterocycles. The second-order valence-corrected chi connectivity index (χ2v) is 5.57. The smallest absolute Gasteiger partial charge is 0.329 e. The van der Waals surface area contributed by atoms with E-state index in [2.05, 4.69) is 21.2 Å². The third kappa shape index (κ3) is 4.92. The Labute approximate surface area is 148 Å². The van der Waals surface area contributed by atoms with E-state index in [1.807, 2.05) is 6.92 Å². The van der Waals surface area contributed by atoms with Gasteiger partial charge >= 0.3 is 12.1 Å². The summed E-state index contributed by atoms with van der Waals surface area (Å²) < 4.78 is 41.7. The summed E-state index contributed by atoms with van der Waals surface area (Å²) in [4.78, 5) is 20.9. The highest BCUT2D eigenvalue weighted by Gasteiger charge is 2.38. The van der Waals surface area contributed by atoms with E-state index >= 15 is 0 Å². The maximum Gasteiger partial charge on any atom is 0.471 e. The van der Waals surface area contributed by atoms with Gasteiger partial charge in [-0.15, -0.1) is 0 Å². The first-order chi connectivity index (χ1) is 12.2. The summed E-state index contributed by atoms with van der Waals surface area (Å²) >= 11 is 0. The SMILES string of the molecule is C=C(C)C(=O)N(Cc1ccc(-c2noc(C(F)(F)F)n2)cc1)OCCC. The summed E-state index contributed by atoms with van der Waals surface area (Å²) in [6.07, 6.45) is -3.95. The zero-order chi connectivity index (χ0) is 19.3. The molecule has 2 aromatic rings. The number of aromatic nitrogens is 2. The molecule has 0 N–H and O–H groups in total. The first-order valence-corrected chi connectivity index (χ1v) is 7.83. The van der Waals surface area contributed by atoms with Crippen LogP contribution in [0.4, 0.5) is 13.2 Å². The topological polar surface area (TPSA) is 68.5 Å². The molecule has 0 spiro atoms. The molecule has 9 heteroatoms. The fourth-order valence-electron chi connectivity index (χ4n) is 1.97. The van der Waals surface area contributed by atoms with Crippen molar-refractivity contribution < 1.29 is 27.3 Å². The molecule has 0 aliphatic heterocycles. The van der Waals surface area contributed by atoms with Gasteiger partial charge in [0, 0.05) is 11.1 Å². The Morgan fingerprint density at radius 1 is 1.31 bits per heavy atom. The average molecular weight is 369 g/mol. The summed E-state index contributed by atoms with van der Waals surface area (Å²) in [5, 5.41) is 4.53. The van der Waals surface area contributed by atoms with Crippen molar-refractivity contribution in [3.05, 3.63) is 47.9 Å². The highest BCUT2D eigenvalue weighted by Crippen LogP contribution is 2.29. The van der Waals surface area contributed by atoms with Gasteiger partial charge in [-0.05, 0) is 18.9 Å². The molecule has 26 heavy (non-hydrogen) atoms. The lowest BCUT2D eigenvalue weighted by molar-refractivity contribution is -0.186. The first kappa shape index (κ1) is 19.6. The Kier molecular flexibility index (Phi) is 6.14. The van der Waals surface area contributed by atoms with Crippen LogP contribution in [-0.2, 0) is 22.4 Å². The van der Waals surface area contributed by atoms with Crippen LogP contribution < -0.4 is 0 Å². The minimum atomic E-state index is -4.69. The van der Waals surface area contributed by atoms with Crippen LogP contribution in [0.3, 0.4) is 0 Å². The molecule has 140 valence electrons. The number of carbonyl (C=O) groups is 1. The number of hydroxylamine groups is 2. The molecule has 0 aliphatic rings. The number of amides is 1. The summed E-state index contributed by atoms with van der Waals surface area (Å²) in [7, 11) is 0. The van der Waals surface area contributed by atoms with E-state index in [1.54, 1.807) is 31.2 Å². The van der Waals surface area contributed by atoms with E-state index in [-0.39, 0.29) is 18.3 Å². The summed E-state index contributed by atoms with van der Waals surface area (Å²) in [6, 6.07) is 6.38. The van der Waals surface area contributed by atoms with Crippen LogP contribution in [0.25, 0.3) is 11.4 Å². The largest absolute Gasteiger partial charge is 0.471 e. The average Bonchev–Trinajstić information content (AvgIpc) is 3.09. The summed E-state index contributed by atoms with van der Waals surface area (Å²) in [6.45, 7) is 7.66. The van der Waals surface area contributed by atoms with E-state index in [0.717, 1.165) is 12.0 Å². The molecule has 1 amide bonds. The Morgan fingerprint density at radius 2 is 1.96 bits per heavy atom. The number of benzene rings is 1. The van der Waals surface area contributed by atoms with E-state index in [4.69, 9.17) is 4.84 Å². The summed E-state index contributed by atoms with van der Waals surface area (Å²) in [5.74, 6) is -1.90. The van der Waals surface area contributed by atoms with Crippen molar-refractivity contribution in [2.45, 2.75) is 33.0 Å². The molecule has 0 aliphatic carbocycles. The molecular weight excluding hydrogens is 351 g/mol. The Bertz CT molecular complexity index is 770. The van der Waals surface area contributed by atoms with Crippen molar-refractivity contribution >= 4 is 5.91 Å². The van der Waals surface area contributed by atoms with Crippen LogP contribution in [0, 0.1) is 0 Å². The molecule has 1 heterocycles. The van der Waals surface area contributed by atoms with Gasteiger partial charge in [-0.2, -0.15) is 18.2 Å². The Balaban J connectivity index is 2.13. The van der Waals surface area contributed by atoms with Crippen LogP contribution in [0.15, 0.2) is 40.9 Å². The van der Waals surface area contributed by atoms with E-state index < -0.39 is 12.1 Å². The van der Waals surface area contributed by atoms with Gasteiger partial charge in [-0.25, -0.2) is 5.06 Å². The molecule has 0 radical (unpaired) electrons. The zero-order valence-corrected chi connectivity index (χ0v) is 14.3. The summed E-state index contributed by atoms with van der Waals surface area (Å²) in [5.41, 5.74) is 1.42. The Morgan fingerprint density at radius 3 is 2.46 bits per heavy atom. The van der Waals surface area contributed by atoms with Gasteiger partial charge in [0.1, 0.15) is 0 Å². The highest BCUT2D eigenvalue weighted by atomic mass is 19.4. The standard InChI is InChI=1S/C17H18F3N3O3/c1-4-9-25-23(15(24)11(2)3)10-12-5-7-13(8-6-12)14-21-16(26-22-14)17(18,19)20/h5-8H,2,4,9-10H2,1,3H3. The van der Waals surface area contributed by atoms with E-state index in [1.165, 1.54) is 5.06 Å². The third-order valence-electron chi connectivity index (χ3n) is 3.25. The van der Waals surface area contributed by atoms with Crippen molar-refractivity contribution in [3.63, 3.8) is 0 Å². The van der Waals surface area contributed by atoms with Crippen molar-refractivity contribution in [1.29, 1.82) is 0 Å². The molecule has 0 bridgehead atoms. The number of rotatable bonds is 7. The lowest BCUT2D eigenvalue weighted by Gasteiger charge is -2.22. The molecule has 1 aromatic carbocycles. The van der Waals surface area contributed by atoms with Gasteiger partial charge in [0.15, 0.2) is 0 Å². The van der Waals surface area contributed by atoms with Gasteiger partial charge in [-0.1, -0.05) is 42.9 Å². The minimum absolute atomic E-state index is 0.166.